The molecular weight excluding hydrogens is 461 g/mol. The van der Waals surface area contributed by atoms with E-state index in [4.69, 9.17) is 0 Å². The van der Waals surface area contributed by atoms with Gasteiger partial charge < -0.3 is 4.90 Å². The fourth-order valence-electron chi connectivity index (χ4n) is 6.28. The third-order valence-corrected chi connectivity index (χ3v) is 7.92. The van der Waals surface area contributed by atoms with Crippen LogP contribution in [0, 0.1) is 40.3 Å². The number of hydrogen-bond acceptors (Lipinski definition) is 4. The summed E-state index contributed by atoms with van der Waals surface area (Å²) in [5, 5.41) is 20.0. The van der Waals surface area contributed by atoms with E-state index >= 15 is 0 Å². The summed E-state index contributed by atoms with van der Waals surface area (Å²) >= 11 is 0. The molecular formula is C32H24FN3O. The van der Waals surface area contributed by atoms with Crippen LogP contribution in [0.1, 0.15) is 51.8 Å². The number of hydrogen-bond donors (Lipinski definition) is 0. The van der Waals surface area contributed by atoms with Gasteiger partial charge in [-0.25, -0.2) is 4.39 Å². The standard InChI is InChI=1S/C32H24FN3O/c33-25-14-12-22(13-15-25)28-29(27(21-10-11-21)24(18-34)19-35)30-26-9-5-4-6-20(26)16-17-36(30)31(28)32(37)23-7-2-1-3-8-23/h1-9,12-17,21,28-31H,10-11H2/t28-,29+,30+,31-/m0/s1. The number of allylic oxidation sites excluding steroid dienone is 1. The van der Waals surface area contributed by atoms with E-state index in [9.17, 15) is 19.7 Å². The maximum absolute atomic E-state index is 14.2. The monoisotopic (exact) mass is 485 g/mol. The average molecular weight is 486 g/mol. The summed E-state index contributed by atoms with van der Waals surface area (Å²) in [6, 6.07) is 27.2. The largest absolute Gasteiger partial charge is 0.359 e. The maximum Gasteiger partial charge on any atom is 0.185 e. The minimum atomic E-state index is -0.583. The summed E-state index contributed by atoms with van der Waals surface area (Å²) in [6.45, 7) is 0. The number of fused-ring (bicyclic) bond motifs is 3. The molecule has 0 amide bonds. The van der Waals surface area contributed by atoms with Gasteiger partial charge in [0.1, 0.15) is 23.5 Å². The van der Waals surface area contributed by atoms with Gasteiger partial charge in [-0.15, -0.1) is 0 Å². The first-order chi connectivity index (χ1) is 18.1. The summed E-state index contributed by atoms with van der Waals surface area (Å²) < 4.78 is 14.0. The fraction of sp³-hybridized carbons (Fsp3) is 0.219. The highest BCUT2D eigenvalue weighted by Crippen LogP contribution is 2.59. The van der Waals surface area contributed by atoms with Gasteiger partial charge >= 0.3 is 0 Å². The third-order valence-electron chi connectivity index (χ3n) is 7.92. The molecule has 0 radical (unpaired) electrons. The van der Waals surface area contributed by atoms with Gasteiger partial charge in [0.05, 0.1) is 12.1 Å². The Labute approximate surface area is 215 Å². The number of carbonyl (C=O) groups excluding carboxylic acids is 1. The van der Waals surface area contributed by atoms with Crippen LogP contribution in [-0.2, 0) is 0 Å². The number of rotatable bonds is 5. The van der Waals surface area contributed by atoms with Crippen molar-refractivity contribution in [3.63, 3.8) is 0 Å². The van der Waals surface area contributed by atoms with E-state index in [2.05, 4.69) is 29.2 Å². The van der Waals surface area contributed by atoms with Gasteiger partial charge in [-0.1, -0.05) is 66.7 Å². The lowest BCUT2D eigenvalue weighted by Crippen LogP contribution is -2.37. The van der Waals surface area contributed by atoms with Crippen molar-refractivity contribution in [2.75, 3.05) is 0 Å². The molecule has 3 aliphatic rings. The number of carbonyl (C=O) groups is 1. The van der Waals surface area contributed by atoms with Crippen molar-refractivity contribution in [1.82, 2.24) is 4.90 Å². The molecule has 0 unspecified atom stereocenters. The van der Waals surface area contributed by atoms with Crippen LogP contribution in [-0.4, -0.2) is 16.7 Å². The first kappa shape index (κ1) is 23.0. The zero-order valence-electron chi connectivity index (χ0n) is 20.1. The average Bonchev–Trinajstić information content (AvgIpc) is 3.72. The van der Waals surface area contributed by atoms with Crippen molar-refractivity contribution in [3.05, 3.63) is 124 Å². The topological polar surface area (TPSA) is 67.9 Å². The molecule has 3 aromatic rings. The van der Waals surface area contributed by atoms with Gasteiger partial charge in [0, 0.05) is 23.6 Å². The lowest BCUT2D eigenvalue weighted by molar-refractivity contribution is 0.0874. The Kier molecular flexibility index (Phi) is 5.70. The predicted molar refractivity (Wildman–Crippen MR) is 138 cm³/mol. The molecule has 0 aromatic heterocycles. The zero-order chi connectivity index (χ0) is 25.5. The molecule has 6 rings (SSSR count). The third kappa shape index (κ3) is 3.85. The fourth-order valence-corrected chi connectivity index (χ4v) is 6.28. The molecule has 0 bridgehead atoms. The first-order valence-electron chi connectivity index (χ1n) is 12.6. The molecule has 2 heterocycles. The second-order valence-electron chi connectivity index (χ2n) is 9.94. The molecule has 2 fully saturated rings. The van der Waals surface area contributed by atoms with Gasteiger partial charge in [-0.05, 0) is 59.2 Å². The highest BCUT2D eigenvalue weighted by Gasteiger charge is 2.56. The molecule has 180 valence electrons. The molecule has 4 atom stereocenters. The molecule has 4 nitrogen and oxygen atoms in total. The van der Waals surface area contributed by atoms with E-state index in [1.807, 2.05) is 54.7 Å². The lowest BCUT2D eigenvalue weighted by Gasteiger charge is -2.35. The minimum absolute atomic E-state index is 0.0305. The van der Waals surface area contributed by atoms with Gasteiger partial charge in [0.25, 0.3) is 0 Å². The van der Waals surface area contributed by atoms with Gasteiger partial charge in [-0.3, -0.25) is 4.79 Å². The molecule has 0 N–H and O–H groups in total. The Morgan fingerprint density at radius 1 is 0.892 bits per heavy atom. The van der Waals surface area contributed by atoms with E-state index in [0.717, 1.165) is 35.1 Å². The smallest absolute Gasteiger partial charge is 0.185 e. The molecule has 3 aromatic carbocycles. The van der Waals surface area contributed by atoms with Crippen molar-refractivity contribution < 1.29 is 9.18 Å². The van der Waals surface area contributed by atoms with Crippen LogP contribution in [0.25, 0.3) is 6.08 Å². The molecule has 37 heavy (non-hydrogen) atoms. The summed E-state index contributed by atoms with van der Waals surface area (Å²) in [5.41, 5.74) is 4.53. The second kappa shape index (κ2) is 9.19. The highest BCUT2D eigenvalue weighted by atomic mass is 19.1. The summed E-state index contributed by atoms with van der Waals surface area (Å²) in [5.74, 6) is -0.915. The number of ketones is 1. The van der Waals surface area contributed by atoms with E-state index in [1.54, 1.807) is 12.1 Å². The van der Waals surface area contributed by atoms with E-state index in [1.165, 1.54) is 12.1 Å². The van der Waals surface area contributed by atoms with Gasteiger partial charge in [0.2, 0.25) is 0 Å². The molecule has 2 aliphatic heterocycles. The van der Waals surface area contributed by atoms with E-state index < -0.39 is 6.04 Å². The SMILES string of the molecule is N#CC(C#N)=C(C1CC1)[C@@H]1[C@H](c2ccc(F)cc2)[C@@H](C(=O)c2ccccc2)N2C=Cc3ccccc3[C@H]12. The summed E-state index contributed by atoms with van der Waals surface area (Å²) in [7, 11) is 0. The summed E-state index contributed by atoms with van der Waals surface area (Å²) in [6.07, 6.45) is 5.84. The number of halogens is 1. The number of benzene rings is 3. The highest BCUT2D eigenvalue weighted by molar-refractivity contribution is 6.01. The van der Waals surface area contributed by atoms with Crippen molar-refractivity contribution in [2.45, 2.75) is 30.8 Å². The normalized spacial score (nSPS) is 23.4. The van der Waals surface area contributed by atoms with Crippen molar-refractivity contribution >= 4 is 11.9 Å². The van der Waals surface area contributed by atoms with Crippen LogP contribution in [0.2, 0.25) is 0 Å². The van der Waals surface area contributed by atoms with Crippen molar-refractivity contribution in [2.24, 2.45) is 11.8 Å². The Morgan fingerprint density at radius 2 is 1.57 bits per heavy atom. The molecule has 1 saturated heterocycles. The Hall–Kier alpha value is -4.48. The van der Waals surface area contributed by atoms with Crippen molar-refractivity contribution in [1.29, 1.82) is 10.5 Å². The molecule has 1 aliphatic carbocycles. The minimum Gasteiger partial charge on any atom is -0.359 e. The quantitative estimate of drug-likeness (QED) is 0.303. The van der Waals surface area contributed by atoms with Crippen molar-refractivity contribution in [3.8, 4) is 12.1 Å². The Bertz CT molecular complexity index is 1490. The Balaban J connectivity index is 1.63. The van der Waals surface area contributed by atoms with Crippen LogP contribution < -0.4 is 0 Å². The molecule has 5 heteroatoms. The second-order valence-corrected chi connectivity index (χ2v) is 9.94. The number of Topliss-reactive ketones (excluding diaryl/α,β-unsaturated/α-hetero) is 1. The molecule has 1 saturated carbocycles. The van der Waals surface area contributed by atoms with Crippen LogP contribution in [0.3, 0.4) is 0 Å². The van der Waals surface area contributed by atoms with Gasteiger partial charge in [-0.2, -0.15) is 10.5 Å². The maximum atomic E-state index is 14.2. The summed E-state index contributed by atoms with van der Waals surface area (Å²) in [4.78, 5) is 16.3. The lowest BCUT2D eigenvalue weighted by atomic mass is 9.72. The van der Waals surface area contributed by atoms with E-state index in [-0.39, 0.29) is 41.0 Å². The predicted octanol–water partition coefficient (Wildman–Crippen LogP) is 6.57. The number of nitrogens with zero attached hydrogens (tertiary/aromatic N) is 3. The number of nitriles is 2. The van der Waals surface area contributed by atoms with E-state index in [0.29, 0.717) is 5.56 Å². The van der Waals surface area contributed by atoms with Crippen LogP contribution >= 0.6 is 0 Å². The van der Waals surface area contributed by atoms with Crippen LogP contribution in [0.15, 0.2) is 96.2 Å². The van der Waals surface area contributed by atoms with Crippen LogP contribution in [0.4, 0.5) is 4.39 Å². The van der Waals surface area contributed by atoms with Crippen LogP contribution in [0.5, 0.6) is 0 Å². The zero-order valence-corrected chi connectivity index (χ0v) is 20.1. The van der Waals surface area contributed by atoms with Gasteiger partial charge in [0.15, 0.2) is 5.78 Å². The first-order valence-corrected chi connectivity index (χ1v) is 12.6. The Morgan fingerprint density at radius 3 is 2.24 bits per heavy atom. The molecule has 0 spiro atoms.